The molecule has 0 bridgehead atoms. The fraction of sp³-hybridized carbons (Fsp3) is 0.978. The van der Waals surface area contributed by atoms with Gasteiger partial charge in [-0.1, -0.05) is 206 Å². The second-order valence-electron chi connectivity index (χ2n) is 17.3. The molecule has 0 amide bonds. The first-order valence-corrected chi connectivity index (χ1v) is 25.9. The van der Waals surface area contributed by atoms with Gasteiger partial charge in [0.05, 0.1) is 13.2 Å². The van der Waals surface area contributed by atoms with E-state index >= 15 is 0 Å². The Kier molecular flexibility index (Phi) is 36.2. The maximum Gasteiger partial charge on any atom is 0.472 e. The van der Waals surface area contributed by atoms with Gasteiger partial charge >= 0.3 is 13.8 Å². The van der Waals surface area contributed by atoms with E-state index in [0.29, 0.717) is 13.0 Å². The van der Waals surface area contributed by atoms with E-state index in [-0.39, 0.29) is 13.0 Å². The topological polar surface area (TPSA) is 192 Å². The Hall–Kier alpha value is -0.660. The quantitative estimate of drug-likeness (QED) is 0.0194. The van der Waals surface area contributed by atoms with Gasteiger partial charge in [-0.2, -0.15) is 0 Å². The predicted octanol–water partition coefficient (Wildman–Crippen LogP) is 10.1. The number of hydrogen-bond donors (Lipinski definition) is 6. The third-order valence-electron chi connectivity index (χ3n) is 11.7. The molecule has 0 radical (unpaired) electrons. The van der Waals surface area contributed by atoms with Crippen molar-refractivity contribution in [1.82, 2.24) is 0 Å². The van der Waals surface area contributed by atoms with Gasteiger partial charge in [-0.05, 0) is 12.8 Å². The standard InChI is InChI=1S/C46H91O12P/c1-3-5-7-9-11-13-15-17-18-19-20-21-22-23-24-26-28-30-32-34-36-55-37-39(57-40(47)35-33-31-29-27-25-16-14-12-10-8-6-4-2)38-56-59(53,54)58-46-44(51)42(49)41(48)43(50)45(46)52/h39,41-46,48-52H,3-38H2,1-2H3,(H,53,54). The SMILES string of the molecule is CCCCCCCCCCCCCCCCCCCCCCOCC(COP(=O)(O)OC1C(O)C(O)C(O)C(O)C1O)OC(=O)CCCCCCCCCCCCCC. The van der Waals surface area contributed by atoms with E-state index in [1.807, 2.05) is 0 Å². The molecule has 13 heteroatoms. The summed E-state index contributed by atoms with van der Waals surface area (Å²) in [4.78, 5) is 23.1. The van der Waals surface area contributed by atoms with Crippen LogP contribution in [-0.4, -0.2) is 98.9 Å². The van der Waals surface area contributed by atoms with Crippen LogP contribution in [0, 0.1) is 0 Å². The number of phosphoric ester groups is 1. The third-order valence-corrected chi connectivity index (χ3v) is 12.7. The van der Waals surface area contributed by atoms with E-state index in [2.05, 4.69) is 13.8 Å². The average molecular weight is 867 g/mol. The van der Waals surface area contributed by atoms with Crippen molar-refractivity contribution in [3.05, 3.63) is 0 Å². The smallest absolute Gasteiger partial charge is 0.457 e. The van der Waals surface area contributed by atoms with E-state index in [9.17, 15) is 39.8 Å². The van der Waals surface area contributed by atoms with E-state index in [4.69, 9.17) is 18.5 Å². The highest BCUT2D eigenvalue weighted by atomic mass is 31.2. The summed E-state index contributed by atoms with van der Waals surface area (Å²) < 4.78 is 34.2. The highest BCUT2D eigenvalue weighted by Gasteiger charge is 2.51. The number of carbonyl (C=O) groups is 1. The van der Waals surface area contributed by atoms with Gasteiger partial charge in [0.15, 0.2) is 0 Å². The molecule has 0 heterocycles. The first-order valence-electron chi connectivity index (χ1n) is 24.4. The van der Waals surface area contributed by atoms with Crippen molar-refractivity contribution in [3.8, 4) is 0 Å². The molecule has 0 aliphatic heterocycles. The maximum absolute atomic E-state index is 12.8. The molecule has 12 nitrogen and oxygen atoms in total. The van der Waals surface area contributed by atoms with E-state index in [1.54, 1.807) is 0 Å². The zero-order chi connectivity index (χ0) is 43.4. The number of hydrogen-bond acceptors (Lipinski definition) is 11. The third kappa shape index (κ3) is 30.1. The van der Waals surface area contributed by atoms with Gasteiger partial charge in [-0.15, -0.1) is 0 Å². The van der Waals surface area contributed by atoms with Crippen molar-refractivity contribution in [1.29, 1.82) is 0 Å². The zero-order valence-corrected chi connectivity index (χ0v) is 38.5. The minimum Gasteiger partial charge on any atom is -0.457 e. The highest BCUT2D eigenvalue weighted by Crippen LogP contribution is 2.47. The molecular weight excluding hydrogens is 775 g/mol. The number of carbonyl (C=O) groups excluding carboxylic acids is 1. The minimum absolute atomic E-state index is 0.0678. The molecule has 59 heavy (non-hydrogen) atoms. The van der Waals surface area contributed by atoms with Crippen LogP contribution < -0.4 is 0 Å². The van der Waals surface area contributed by atoms with Crippen LogP contribution in [0.4, 0.5) is 0 Å². The number of unbranched alkanes of at least 4 members (excludes halogenated alkanes) is 30. The van der Waals surface area contributed by atoms with Gasteiger partial charge in [-0.3, -0.25) is 13.8 Å². The van der Waals surface area contributed by atoms with Crippen LogP contribution in [0.15, 0.2) is 0 Å². The molecule has 6 atom stereocenters. The van der Waals surface area contributed by atoms with Crippen LogP contribution in [0.5, 0.6) is 0 Å². The van der Waals surface area contributed by atoms with Gasteiger partial charge in [-0.25, -0.2) is 4.57 Å². The molecule has 0 aromatic heterocycles. The average Bonchev–Trinajstić information content (AvgIpc) is 3.22. The normalized spacial score (nSPS) is 22.4. The molecule has 0 aromatic rings. The summed E-state index contributed by atoms with van der Waals surface area (Å²) in [7, 11) is -5.01. The second kappa shape index (κ2) is 37.9. The van der Waals surface area contributed by atoms with E-state index in [1.165, 1.54) is 161 Å². The summed E-state index contributed by atoms with van der Waals surface area (Å²) in [6, 6.07) is 0. The monoisotopic (exact) mass is 867 g/mol. The molecule has 6 unspecified atom stereocenters. The molecule has 1 fully saturated rings. The van der Waals surface area contributed by atoms with Crippen molar-refractivity contribution in [2.75, 3.05) is 19.8 Å². The van der Waals surface area contributed by atoms with Crippen molar-refractivity contribution in [2.24, 2.45) is 0 Å². The van der Waals surface area contributed by atoms with E-state index in [0.717, 1.165) is 38.5 Å². The Labute approximate surface area is 359 Å². The van der Waals surface area contributed by atoms with Crippen LogP contribution in [0.2, 0.25) is 0 Å². The molecule has 0 saturated heterocycles. The lowest BCUT2D eigenvalue weighted by atomic mass is 9.85. The van der Waals surface area contributed by atoms with Crippen LogP contribution >= 0.6 is 7.82 Å². The summed E-state index contributed by atoms with van der Waals surface area (Å²) in [5.74, 6) is -0.472. The van der Waals surface area contributed by atoms with Gasteiger partial charge < -0.3 is 39.9 Å². The van der Waals surface area contributed by atoms with Crippen LogP contribution in [0.3, 0.4) is 0 Å². The summed E-state index contributed by atoms with van der Waals surface area (Å²) in [5.41, 5.74) is 0. The Morgan fingerprint density at radius 3 is 1.17 bits per heavy atom. The Bertz CT molecular complexity index is 989. The number of aliphatic hydroxyl groups excluding tert-OH is 5. The molecule has 0 spiro atoms. The Morgan fingerprint density at radius 2 is 0.797 bits per heavy atom. The largest absolute Gasteiger partial charge is 0.472 e. The van der Waals surface area contributed by atoms with Gasteiger partial charge in [0.25, 0.3) is 0 Å². The molecule has 1 saturated carbocycles. The lowest BCUT2D eigenvalue weighted by Crippen LogP contribution is -2.64. The molecule has 1 aliphatic carbocycles. The molecular formula is C46H91O12P. The molecule has 0 aromatic carbocycles. The fourth-order valence-electron chi connectivity index (χ4n) is 7.83. The van der Waals surface area contributed by atoms with Gasteiger partial charge in [0, 0.05) is 13.0 Å². The number of ether oxygens (including phenoxy) is 2. The first kappa shape index (κ1) is 56.4. The van der Waals surface area contributed by atoms with Crippen molar-refractivity contribution < 1.29 is 58.3 Å². The van der Waals surface area contributed by atoms with Crippen molar-refractivity contribution in [2.45, 2.75) is 268 Å². The van der Waals surface area contributed by atoms with Crippen molar-refractivity contribution in [3.63, 3.8) is 0 Å². The predicted molar refractivity (Wildman–Crippen MR) is 235 cm³/mol. The Balaban J connectivity index is 2.32. The Morgan fingerprint density at radius 1 is 0.475 bits per heavy atom. The molecule has 6 N–H and O–H groups in total. The van der Waals surface area contributed by atoms with Gasteiger partial charge in [0.1, 0.15) is 42.7 Å². The summed E-state index contributed by atoms with van der Waals surface area (Å²) in [5, 5.41) is 50.2. The molecule has 1 aliphatic rings. The summed E-state index contributed by atoms with van der Waals surface area (Å²) in [6.45, 7) is 4.29. The minimum atomic E-state index is -5.01. The number of esters is 1. The highest BCUT2D eigenvalue weighted by molar-refractivity contribution is 7.47. The second-order valence-corrected chi connectivity index (χ2v) is 18.7. The van der Waals surface area contributed by atoms with Crippen LogP contribution in [0.1, 0.15) is 226 Å². The van der Waals surface area contributed by atoms with Crippen LogP contribution in [-0.2, 0) is 27.9 Å². The molecule has 1 rings (SSSR count). The maximum atomic E-state index is 12.8. The number of rotatable bonds is 42. The number of aliphatic hydroxyl groups is 5. The van der Waals surface area contributed by atoms with Crippen LogP contribution in [0.25, 0.3) is 0 Å². The van der Waals surface area contributed by atoms with Crippen molar-refractivity contribution >= 4 is 13.8 Å². The van der Waals surface area contributed by atoms with Gasteiger partial charge in [0.2, 0.25) is 0 Å². The summed E-state index contributed by atoms with van der Waals surface area (Å²) >= 11 is 0. The lowest BCUT2D eigenvalue weighted by Gasteiger charge is -2.41. The first-order chi connectivity index (χ1) is 28.5. The number of phosphoric acid groups is 1. The zero-order valence-electron chi connectivity index (χ0n) is 37.6. The van der Waals surface area contributed by atoms with E-state index < -0.39 is 63.1 Å². The molecule has 352 valence electrons. The fourth-order valence-corrected chi connectivity index (χ4v) is 8.80. The summed E-state index contributed by atoms with van der Waals surface area (Å²) in [6.07, 6.45) is 27.5. The lowest BCUT2D eigenvalue weighted by molar-refractivity contribution is -0.220.